The highest BCUT2D eigenvalue weighted by molar-refractivity contribution is 7.22. The number of benzene rings is 1. The van der Waals surface area contributed by atoms with Crippen molar-refractivity contribution in [3.8, 4) is 0 Å². The molecule has 0 spiro atoms. The van der Waals surface area contributed by atoms with Crippen molar-refractivity contribution in [2.45, 2.75) is 19.3 Å². The van der Waals surface area contributed by atoms with E-state index in [1.54, 1.807) is 12.1 Å². The number of aromatic nitrogens is 1. The molecule has 0 atom stereocenters. The van der Waals surface area contributed by atoms with E-state index >= 15 is 0 Å². The molecular formula is C14H18FN3S. The zero-order valence-electron chi connectivity index (χ0n) is 10.9. The quantitative estimate of drug-likeness (QED) is 0.930. The first-order chi connectivity index (χ1) is 9.31. The third kappa shape index (κ3) is 3.22. The topological polar surface area (TPSA) is 28.2 Å². The number of nitrogens with one attached hydrogen (secondary N) is 1. The molecule has 1 aromatic carbocycles. The maximum absolute atomic E-state index is 13.1. The summed E-state index contributed by atoms with van der Waals surface area (Å²) in [5.74, 6) is -0.198. The SMILES string of the molecule is Fc1ccc2nc(NCCN3CCCCC3)sc2c1. The average molecular weight is 279 g/mol. The summed E-state index contributed by atoms with van der Waals surface area (Å²) in [6.45, 7) is 4.39. The summed E-state index contributed by atoms with van der Waals surface area (Å²) >= 11 is 1.52. The highest BCUT2D eigenvalue weighted by atomic mass is 32.1. The molecule has 1 aromatic heterocycles. The van der Waals surface area contributed by atoms with Gasteiger partial charge in [-0.05, 0) is 44.1 Å². The zero-order chi connectivity index (χ0) is 13.1. The lowest BCUT2D eigenvalue weighted by Crippen LogP contribution is -2.33. The fourth-order valence-electron chi connectivity index (χ4n) is 2.48. The van der Waals surface area contributed by atoms with Crippen LogP contribution in [0.3, 0.4) is 0 Å². The Bertz CT molecular complexity index is 549. The zero-order valence-corrected chi connectivity index (χ0v) is 11.7. The minimum absolute atomic E-state index is 0.198. The highest BCUT2D eigenvalue weighted by Gasteiger charge is 2.09. The van der Waals surface area contributed by atoms with Crippen LogP contribution in [0.1, 0.15) is 19.3 Å². The van der Waals surface area contributed by atoms with Gasteiger partial charge in [0, 0.05) is 13.1 Å². The molecule has 1 aliphatic rings. The van der Waals surface area contributed by atoms with Gasteiger partial charge >= 0.3 is 0 Å². The van der Waals surface area contributed by atoms with E-state index in [1.165, 1.54) is 49.8 Å². The average Bonchev–Trinajstić information content (AvgIpc) is 2.82. The van der Waals surface area contributed by atoms with Crippen molar-refractivity contribution in [1.82, 2.24) is 9.88 Å². The van der Waals surface area contributed by atoms with Crippen molar-refractivity contribution in [2.24, 2.45) is 0 Å². The molecule has 0 bridgehead atoms. The minimum Gasteiger partial charge on any atom is -0.360 e. The largest absolute Gasteiger partial charge is 0.360 e. The number of halogens is 1. The van der Waals surface area contributed by atoms with Crippen LogP contribution in [-0.2, 0) is 0 Å². The number of likely N-dealkylation sites (tertiary alicyclic amines) is 1. The van der Waals surface area contributed by atoms with Crippen molar-refractivity contribution in [3.05, 3.63) is 24.0 Å². The van der Waals surface area contributed by atoms with Gasteiger partial charge in [0.2, 0.25) is 0 Å². The molecular weight excluding hydrogens is 261 g/mol. The number of nitrogens with zero attached hydrogens (tertiary/aromatic N) is 2. The number of anilines is 1. The van der Waals surface area contributed by atoms with Crippen molar-refractivity contribution < 1.29 is 4.39 Å². The predicted octanol–water partition coefficient (Wildman–Crippen LogP) is 3.33. The molecule has 1 N–H and O–H groups in total. The van der Waals surface area contributed by atoms with Gasteiger partial charge in [-0.15, -0.1) is 0 Å². The van der Waals surface area contributed by atoms with E-state index in [4.69, 9.17) is 0 Å². The number of thiazole rings is 1. The van der Waals surface area contributed by atoms with Crippen LogP contribution in [-0.4, -0.2) is 36.1 Å². The summed E-state index contributed by atoms with van der Waals surface area (Å²) in [6, 6.07) is 4.74. The van der Waals surface area contributed by atoms with Gasteiger partial charge in [0.25, 0.3) is 0 Å². The Morgan fingerprint density at radius 2 is 2.11 bits per heavy atom. The van der Waals surface area contributed by atoms with E-state index in [0.717, 1.165) is 28.4 Å². The van der Waals surface area contributed by atoms with Gasteiger partial charge in [-0.25, -0.2) is 9.37 Å². The summed E-state index contributed by atoms with van der Waals surface area (Å²) in [5.41, 5.74) is 0.867. The van der Waals surface area contributed by atoms with Crippen LogP contribution in [0.2, 0.25) is 0 Å². The maximum atomic E-state index is 13.1. The van der Waals surface area contributed by atoms with Crippen molar-refractivity contribution in [1.29, 1.82) is 0 Å². The predicted molar refractivity (Wildman–Crippen MR) is 78.4 cm³/mol. The van der Waals surface area contributed by atoms with E-state index in [2.05, 4.69) is 15.2 Å². The van der Waals surface area contributed by atoms with Gasteiger partial charge in [0.1, 0.15) is 5.82 Å². The van der Waals surface area contributed by atoms with Gasteiger partial charge in [0.15, 0.2) is 5.13 Å². The fourth-order valence-corrected chi connectivity index (χ4v) is 3.39. The lowest BCUT2D eigenvalue weighted by molar-refractivity contribution is 0.237. The van der Waals surface area contributed by atoms with E-state index in [0.29, 0.717) is 0 Å². The summed E-state index contributed by atoms with van der Waals surface area (Å²) in [4.78, 5) is 6.95. The van der Waals surface area contributed by atoms with E-state index in [9.17, 15) is 4.39 Å². The number of fused-ring (bicyclic) bond motifs is 1. The normalized spacial score (nSPS) is 16.9. The van der Waals surface area contributed by atoms with Gasteiger partial charge in [-0.1, -0.05) is 17.8 Å². The summed E-state index contributed by atoms with van der Waals surface area (Å²) in [6.07, 6.45) is 4.01. The van der Waals surface area contributed by atoms with Crippen molar-refractivity contribution in [2.75, 3.05) is 31.5 Å². The Morgan fingerprint density at radius 1 is 1.26 bits per heavy atom. The minimum atomic E-state index is -0.198. The molecule has 0 amide bonds. The second-order valence-corrected chi connectivity index (χ2v) is 5.99. The summed E-state index contributed by atoms with van der Waals surface area (Å²) < 4.78 is 14.0. The van der Waals surface area contributed by atoms with Crippen molar-refractivity contribution >= 4 is 26.7 Å². The molecule has 0 radical (unpaired) electrons. The Kier molecular flexibility index (Phi) is 3.94. The second-order valence-electron chi connectivity index (χ2n) is 4.96. The Morgan fingerprint density at radius 3 is 2.95 bits per heavy atom. The lowest BCUT2D eigenvalue weighted by Gasteiger charge is -2.26. The van der Waals surface area contributed by atoms with E-state index in [1.807, 2.05) is 0 Å². The van der Waals surface area contributed by atoms with Gasteiger partial charge in [-0.2, -0.15) is 0 Å². The molecule has 0 saturated carbocycles. The molecule has 2 aromatic rings. The summed E-state index contributed by atoms with van der Waals surface area (Å²) in [7, 11) is 0. The number of piperidine rings is 1. The number of hydrogen-bond donors (Lipinski definition) is 1. The second kappa shape index (κ2) is 5.84. The molecule has 5 heteroatoms. The Hall–Kier alpha value is -1.20. The summed E-state index contributed by atoms with van der Waals surface area (Å²) in [5, 5.41) is 4.23. The van der Waals surface area contributed by atoms with Gasteiger partial charge in [-0.3, -0.25) is 0 Å². The molecule has 102 valence electrons. The molecule has 3 nitrogen and oxygen atoms in total. The van der Waals surface area contributed by atoms with E-state index in [-0.39, 0.29) is 5.82 Å². The van der Waals surface area contributed by atoms with Crippen LogP contribution in [0.15, 0.2) is 18.2 Å². The van der Waals surface area contributed by atoms with Crippen LogP contribution in [0.5, 0.6) is 0 Å². The number of rotatable bonds is 4. The van der Waals surface area contributed by atoms with Crippen LogP contribution in [0, 0.1) is 5.82 Å². The first kappa shape index (κ1) is 12.8. The molecule has 1 fully saturated rings. The Balaban J connectivity index is 1.56. The molecule has 0 unspecified atom stereocenters. The molecule has 3 rings (SSSR count). The van der Waals surface area contributed by atoms with E-state index < -0.39 is 0 Å². The monoisotopic (exact) mass is 279 g/mol. The smallest absolute Gasteiger partial charge is 0.183 e. The van der Waals surface area contributed by atoms with Crippen LogP contribution in [0.4, 0.5) is 9.52 Å². The number of hydrogen-bond acceptors (Lipinski definition) is 4. The molecule has 0 aliphatic carbocycles. The lowest BCUT2D eigenvalue weighted by atomic mass is 10.1. The molecule has 19 heavy (non-hydrogen) atoms. The maximum Gasteiger partial charge on any atom is 0.183 e. The molecule has 2 heterocycles. The van der Waals surface area contributed by atoms with Crippen LogP contribution < -0.4 is 5.32 Å². The highest BCUT2D eigenvalue weighted by Crippen LogP contribution is 2.26. The first-order valence-corrected chi connectivity index (χ1v) is 7.65. The first-order valence-electron chi connectivity index (χ1n) is 6.83. The van der Waals surface area contributed by atoms with Crippen LogP contribution >= 0.6 is 11.3 Å². The Labute approximate surface area is 116 Å². The third-order valence-electron chi connectivity index (χ3n) is 3.50. The standard InChI is InChI=1S/C14H18FN3S/c15-11-4-5-12-13(10-11)19-14(17-12)16-6-9-18-7-2-1-3-8-18/h4-5,10H,1-3,6-9H2,(H,16,17). The van der Waals surface area contributed by atoms with Gasteiger partial charge < -0.3 is 10.2 Å². The molecule has 1 saturated heterocycles. The van der Waals surface area contributed by atoms with Crippen molar-refractivity contribution in [3.63, 3.8) is 0 Å². The van der Waals surface area contributed by atoms with Gasteiger partial charge in [0.05, 0.1) is 10.2 Å². The third-order valence-corrected chi connectivity index (χ3v) is 4.48. The van der Waals surface area contributed by atoms with Crippen LogP contribution in [0.25, 0.3) is 10.2 Å². The molecule has 1 aliphatic heterocycles. The fraction of sp³-hybridized carbons (Fsp3) is 0.500.